The SMILES string of the molecule is Cc1cc(C(=O)Nc2nnc(-c3ccccc3Cl)s2)on1. The van der Waals surface area contributed by atoms with Crippen molar-refractivity contribution in [2.75, 3.05) is 5.32 Å². The Kier molecular flexibility index (Phi) is 3.68. The Bertz CT molecular complexity index is 799. The zero-order valence-electron chi connectivity index (χ0n) is 10.8. The Morgan fingerprint density at radius 2 is 2.14 bits per heavy atom. The van der Waals surface area contributed by atoms with E-state index in [1.807, 2.05) is 18.2 Å². The number of nitrogens with zero attached hydrogens (tertiary/aromatic N) is 3. The van der Waals surface area contributed by atoms with Crippen LogP contribution in [0.15, 0.2) is 34.9 Å². The molecule has 1 amide bonds. The number of hydrogen-bond donors (Lipinski definition) is 1. The van der Waals surface area contributed by atoms with Crippen LogP contribution in [0.2, 0.25) is 5.02 Å². The first-order valence-electron chi connectivity index (χ1n) is 5.96. The molecule has 0 aliphatic heterocycles. The number of carbonyl (C=O) groups is 1. The zero-order chi connectivity index (χ0) is 14.8. The van der Waals surface area contributed by atoms with Crippen LogP contribution in [0.4, 0.5) is 5.13 Å². The van der Waals surface area contributed by atoms with Crippen LogP contribution in [0.5, 0.6) is 0 Å². The number of hydrogen-bond acceptors (Lipinski definition) is 6. The summed E-state index contributed by atoms with van der Waals surface area (Å²) in [4.78, 5) is 11.9. The van der Waals surface area contributed by atoms with Gasteiger partial charge in [0.25, 0.3) is 5.91 Å². The summed E-state index contributed by atoms with van der Waals surface area (Å²) in [6.45, 7) is 1.74. The fraction of sp³-hybridized carbons (Fsp3) is 0.0769. The van der Waals surface area contributed by atoms with Gasteiger partial charge in [-0.15, -0.1) is 10.2 Å². The molecule has 0 radical (unpaired) electrons. The molecule has 21 heavy (non-hydrogen) atoms. The van der Waals surface area contributed by atoms with Crippen molar-refractivity contribution in [2.45, 2.75) is 6.92 Å². The number of aromatic nitrogens is 3. The first-order chi connectivity index (χ1) is 10.1. The van der Waals surface area contributed by atoms with Crippen LogP contribution in [-0.2, 0) is 0 Å². The van der Waals surface area contributed by atoms with Gasteiger partial charge >= 0.3 is 0 Å². The summed E-state index contributed by atoms with van der Waals surface area (Å²) < 4.78 is 4.88. The minimum Gasteiger partial charge on any atom is -0.351 e. The van der Waals surface area contributed by atoms with E-state index in [9.17, 15) is 4.79 Å². The summed E-state index contributed by atoms with van der Waals surface area (Å²) in [5, 5.41) is 15.8. The normalized spacial score (nSPS) is 10.6. The van der Waals surface area contributed by atoms with E-state index in [2.05, 4.69) is 20.7 Å². The van der Waals surface area contributed by atoms with Crippen molar-refractivity contribution >= 4 is 34.0 Å². The summed E-state index contributed by atoms with van der Waals surface area (Å²) in [6.07, 6.45) is 0. The average molecular weight is 321 g/mol. The second kappa shape index (κ2) is 5.63. The quantitative estimate of drug-likeness (QED) is 0.799. The van der Waals surface area contributed by atoms with E-state index < -0.39 is 5.91 Å². The molecule has 0 unspecified atom stereocenters. The predicted molar refractivity (Wildman–Crippen MR) is 79.5 cm³/mol. The Balaban J connectivity index is 1.80. The van der Waals surface area contributed by atoms with Crippen LogP contribution in [0.3, 0.4) is 0 Å². The second-order valence-electron chi connectivity index (χ2n) is 4.18. The van der Waals surface area contributed by atoms with Gasteiger partial charge in [-0.05, 0) is 13.0 Å². The molecule has 106 valence electrons. The largest absolute Gasteiger partial charge is 0.351 e. The van der Waals surface area contributed by atoms with Gasteiger partial charge in [0.15, 0.2) is 5.01 Å². The molecule has 0 spiro atoms. The molecular weight excluding hydrogens is 312 g/mol. The first-order valence-corrected chi connectivity index (χ1v) is 7.16. The van der Waals surface area contributed by atoms with Crippen molar-refractivity contribution in [1.29, 1.82) is 0 Å². The number of aryl methyl sites for hydroxylation is 1. The van der Waals surface area contributed by atoms with E-state index in [1.54, 1.807) is 19.1 Å². The molecule has 2 aromatic heterocycles. The molecule has 0 bridgehead atoms. The summed E-state index contributed by atoms with van der Waals surface area (Å²) in [5.41, 5.74) is 1.40. The van der Waals surface area contributed by atoms with Crippen molar-refractivity contribution in [3.05, 3.63) is 46.8 Å². The maximum Gasteiger partial charge on any atom is 0.296 e. The molecular formula is C13H9ClN4O2S. The van der Waals surface area contributed by atoms with Gasteiger partial charge in [0, 0.05) is 11.6 Å². The van der Waals surface area contributed by atoms with Gasteiger partial charge in [0.2, 0.25) is 10.9 Å². The third kappa shape index (κ3) is 2.93. The van der Waals surface area contributed by atoms with Gasteiger partial charge in [-0.1, -0.05) is 46.3 Å². The highest BCUT2D eigenvalue weighted by molar-refractivity contribution is 7.18. The van der Waals surface area contributed by atoms with E-state index in [1.165, 1.54) is 11.3 Å². The Morgan fingerprint density at radius 3 is 2.86 bits per heavy atom. The van der Waals surface area contributed by atoms with E-state index in [0.29, 0.717) is 20.9 Å². The highest BCUT2D eigenvalue weighted by Gasteiger charge is 2.15. The third-order valence-electron chi connectivity index (χ3n) is 2.60. The number of halogens is 1. The van der Waals surface area contributed by atoms with E-state index in [0.717, 1.165) is 5.56 Å². The monoisotopic (exact) mass is 320 g/mol. The van der Waals surface area contributed by atoms with Gasteiger partial charge in [-0.25, -0.2) is 0 Å². The van der Waals surface area contributed by atoms with Crippen molar-refractivity contribution in [1.82, 2.24) is 15.4 Å². The minimum absolute atomic E-state index is 0.127. The van der Waals surface area contributed by atoms with Crippen molar-refractivity contribution in [3.8, 4) is 10.6 Å². The van der Waals surface area contributed by atoms with Gasteiger partial charge in [-0.2, -0.15) is 0 Å². The second-order valence-corrected chi connectivity index (χ2v) is 5.56. The van der Waals surface area contributed by atoms with Crippen LogP contribution < -0.4 is 5.32 Å². The van der Waals surface area contributed by atoms with E-state index in [-0.39, 0.29) is 5.76 Å². The van der Waals surface area contributed by atoms with Gasteiger partial charge in [0.1, 0.15) is 0 Å². The minimum atomic E-state index is -0.419. The molecule has 0 aliphatic carbocycles. The number of rotatable bonds is 3. The van der Waals surface area contributed by atoms with Gasteiger partial charge in [-0.3, -0.25) is 10.1 Å². The molecule has 2 heterocycles. The van der Waals surface area contributed by atoms with Crippen LogP contribution in [0.1, 0.15) is 16.2 Å². The number of amides is 1. The Morgan fingerprint density at radius 1 is 1.33 bits per heavy atom. The molecule has 3 aromatic rings. The maximum atomic E-state index is 11.9. The smallest absolute Gasteiger partial charge is 0.296 e. The highest BCUT2D eigenvalue weighted by atomic mass is 35.5. The lowest BCUT2D eigenvalue weighted by Gasteiger charge is -1.97. The first kappa shape index (κ1) is 13.7. The molecule has 0 atom stereocenters. The van der Waals surface area contributed by atoms with Crippen molar-refractivity contribution < 1.29 is 9.32 Å². The van der Waals surface area contributed by atoms with Crippen LogP contribution in [-0.4, -0.2) is 21.3 Å². The molecule has 0 aliphatic rings. The average Bonchev–Trinajstić information content (AvgIpc) is 3.08. The number of benzene rings is 1. The lowest BCUT2D eigenvalue weighted by atomic mass is 10.2. The summed E-state index contributed by atoms with van der Waals surface area (Å²) in [6, 6.07) is 8.85. The lowest BCUT2D eigenvalue weighted by molar-refractivity contribution is 0.0988. The van der Waals surface area contributed by atoms with E-state index >= 15 is 0 Å². The number of carbonyl (C=O) groups excluding carboxylic acids is 1. The molecule has 6 nitrogen and oxygen atoms in total. The number of nitrogens with one attached hydrogen (secondary N) is 1. The predicted octanol–water partition coefficient (Wildman–Crippen LogP) is 3.41. The van der Waals surface area contributed by atoms with Gasteiger partial charge in [0.05, 0.1) is 10.7 Å². The Labute approximate surface area is 128 Å². The summed E-state index contributed by atoms with van der Waals surface area (Å²) >= 11 is 7.33. The summed E-state index contributed by atoms with van der Waals surface area (Å²) in [5.74, 6) is -0.292. The van der Waals surface area contributed by atoms with Crippen LogP contribution in [0.25, 0.3) is 10.6 Å². The topological polar surface area (TPSA) is 80.9 Å². The molecule has 8 heteroatoms. The van der Waals surface area contributed by atoms with Crippen LogP contribution >= 0.6 is 22.9 Å². The molecule has 1 N–H and O–H groups in total. The number of anilines is 1. The summed E-state index contributed by atoms with van der Waals surface area (Å²) in [7, 11) is 0. The van der Waals surface area contributed by atoms with Gasteiger partial charge < -0.3 is 4.52 Å². The third-order valence-corrected chi connectivity index (χ3v) is 3.80. The highest BCUT2D eigenvalue weighted by Crippen LogP contribution is 2.31. The van der Waals surface area contributed by atoms with Crippen LogP contribution in [0, 0.1) is 6.92 Å². The molecule has 0 saturated carbocycles. The molecule has 0 saturated heterocycles. The standard InChI is InChI=1S/C13H9ClN4O2S/c1-7-6-10(20-18-7)11(19)15-13-17-16-12(21-13)8-4-2-3-5-9(8)14/h2-6H,1H3,(H,15,17,19). The fourth-order valence-electron chi connectivity index (χ4n) is 1.65. The van der Waals surface area contributed by atoms with Crippen molar-refractivity contribution in [3.63, 3.8) is 0 Å². The fourth-order valence-corrected chi connectivity index (χ4v) is 2.71. The molecule has 0 fully saturated rings. The van der Waals surface area contributed by atoms with E-state index in [4.69, 9.17) is 16.1 Å². The molecule has 1 aromatic carbocycles. The molecule has 3 rings (SSSR count). The maximum absolute atomic E-state index is 11.9. The van der Waals surface area contributed by atoms with Crippen molar-refractivity contribution in [2.24, 2.45) is 0 Å². The Hall–Kier alpha value is -2.25. The lowest BCUT2D eigenvalue weighted by Crippen LogP contribution is -2.10. The zero-order valence-corrected chi connectivity index (χ0v) is 12.4.